The Hall–Kier alpha value is -2.55. The lowest BCUT2D eigenvalue weighted by molar-refractivity contribution is -0.137. The largest absolute Gasteiger partial charge is 0.416 e. The summed E-state index contributed by atoms with van der Waals surface area (Å²) in [6.07, 6.45) is -1.22. The van der Waals surface area contributed by atoms with Crippen LogP contribution in [0.1, 0.15) is 16.8 Å². The lowest BCUT2D eigenvalue weighted by atomic mass is 9.97. The van der Waals surface area contributed by atoms with Crippen LogP contribution in [0.3, 0.4) is 0 Å². The summed E-state index contributed by atoms with van der Waals surface area (Å²) in [7, 11) is -3.50. The summed E-state index contributed by atoms with van der Waals surface area (Å²) in [5, 5.41) is 0. The molecule has 142 valence electrons. The first-order valence-electron chi connectivity index (χ1n) is 7.55. The first-order valence-corrected chi connectivity index (χ1v) is 9.44. The van der Waals surface area contributed by atoms with Crippen molar-refractivity contribution >= 4 is 21.0 Å². The molecule has 0 aliphatic heterocycles. The van der Waals surface area contributed by atoms with Gasteiger partial charge in [-0.2, -0.15) is 22.0 Å². The molecule has 0 saturated carbocycles. The minimum Gasteiger partial charge on any atom is -0.255 e. The fourth-order valence-corrected chi connectivity index (χ4v) is 3.19. The molecule has 0 atom stereocenters. The second kappa shape index (κ2) is 6.26. The monoisotopic (exact) mass is 401 g/mol. The van der Waals surface area contributed by atoms with Crippen molar-refractivity contribution in [3.8, 4) is 0 Å². The van der Waals surface area contributed by atoms with Gasteiger partial charge >= 0.3 is 6.18 Å². The van der Waals surface area contributed by atoms with Crippen molar-refractivity contribution in [2.45, 2.75) is 17.0 Å². The van der Waals surface area contributed by atoms with E-state index in [1.165, 1.54) is 12.1 Å². The zero-order valence-corrected chi connectivity index (χ0v) is 14.6. The van der Waals surface area contributed by atoms with Crippen LogP contribution in [0, 0.1) is 0 Å². The summed E-state index contributed by atoms with van der Waals surface area (Å²) in [5.41, 5.74) is -0.600. The van der Waals surface area contributed by atoms with Crippen LogP contribution in [0.5, 0.6) is 0 Å². The fourth-order valence-electron chi connectivity index (χ4n) is 2.63. The first kappa shape index (κ1) is 19.2. The second-order valence-corrected chi connectivity index (χ2v) is 8.03. The van der Waals surface area contributed by atoms with Gasteiger partial charge in [0, 0.05) is 18.0 Å². The Morgan fingerprint density at radius 1 is 0.926 bits per heavy atom. The molecule has 27 heavy (non-hydrogen) atoms. The summed E-state index contributed by atoms with van der Waals surface area (Å²) in [6.45, 7) is 0. The van der Waals surface area contributed by atoms with Gasteiger partial charge in [0.15, 0.2) is 9.84 Å². The van der Waals surface area contributed by atoms with Gasteiger partial charge in [-0.15, -0.1) is 0 Å². The molecule has 0 amide bonds. The first-order chi connectivity index (χ1) is 12.4. The molecular formula is C18H12F5NO2S. The number of nitrogens with zero attached hydrogens (tertiary/aromatic N) is 1. The topological polar surface area (TPSA) is 47.0 Å². The molecular weight excluding hydrogens is 389 g/mol. The normalized spacial score (nSPS) is 16.8. The summed E-state index contributed by atoms with van der Waals surface area (Å²) < 4.78 is 88.8. The third kappa shape index (κ3) is 4.08. The minimum atomic E-state index is -4.53. The van der Waals surface area contributed by atoms with Crippen LogP contribution in [-0.2, 0) is 16.0 Å². The molecule has 0 spiro atoms. The van der Waals surface area contributed by atoms with Gasteiger partial charge < -0.3 is 0 Å². The summed E-state index contributed by atoms with van der Waals surface area (Å²) >= 11 is 0. The van der Waals surface area contributed by atoms with Crippen molar-refractivity contribution in [1.29, 1.82) is 0 Å². The zero-order valence-electron chi connectivity index (χ0n) is 13.8. The molecule has 2 aromatic rings. The van der Waals surface area contributed by atoms with E-state index in [9.17, 15) is 30.4 Å². The van der Waals surface area contributed by atoms with Crippen LogP contribution >= 0.6 is 0 Å². The van der Waals surface area contributed by atoms with Crippen molar-refractivity contribution < 1.29 is 30.4 Å². The molecule has 1 aromatic carbocycles. The van der Waals surface area contributed by atoms with Crippen LogP contribution in [0.25, 0.3) is 11.1 Å². The van der Waals surface area contributed by atoms with E-state index in [1.807, 2.05) is 0 Å². The molecule has 0 bridgehead atoms. The van der Waals surface area contributed by atoms with Crippen molar-refractivity contribution in [2.75, 3.05) is 6.26 Å². The molecule has 1 aliphatic rings. The van der Waals surface area contributed by atoms with Gasteiger partial charge in [0.2, 0.25) is 0 Å². The average molecular weight is 401 g/mol. The van der Waals surface area contributed by atoms with Crippen LogP contribution in [0.2, 0.25) is 0 Å². The second-order valence-electron chi connectivity index (χ2n) is 6.02. The van der Waals surface area contributed by atoms with Crippen LogP contribution < -0.4 is 0 Å². The van der Waals surface area contributed by atoms with Crippen LogP contribution in [-0.4, -0.2) is 25.6 Å². The quantitative estimate of drug-likeness (QED) is 0.706. The van der Waals surface area contributed by atoms with Gasteiger partial charge in [-0.1, -0.05) is 12.1 Å². The molecule has 9 heteroatoms. The standard InChI is InChI=1S/C18H12F5NO2S/c1-27(25,26)13-6-7-16(24-10-13)15-9-17(19,20)8-14(15)11-2-4-12(5-3-11)18(21,22)23/h2-10H,1H3. The van der Waals surface area contributed by atoms with Gasteiger partial charge in [-0.05, 0) is 47.6 Å². The number of hydrogen-bond donors (Lipinski definition) is 0. The maximum atomic E-state index is 13.9. The van der Waals surface area contributed by atoms with Gasteiger partial charge in [0.25, 0.3) is 5.92 Å². The molecule has 1 aliphatic carbocycles. The summed E-state index contributed by atoms with van der Waals surface area (Å²) in [4.78, 5) is 3.85. The Bertz CT molecular complexity index is 1030. The van der Waals surface area contributed by atoms with E-state index in [4.69, 9.17) is 0 Å². The highest BCUT2D eigenvalue weighted by atomic mass is 32.2. The smallest absolute Gasteiger partial charge is 0.255 e. The molecule has 1 aromatic heterocycles. The predicted octanol–water partition coefficient (Wildman–Crippen LogP) is 4.62. The Kier molecular flexibility index (Phi) is 4.46. The van der Waals surface area contributed by atoms with Gasteiger partial charge in [-0.25, -0.2) is 8.42 Å². The maximum absolute atomic E-state index is 13.9. The van der Waals surface area contributed by atoms with Gasteiger partial charge in [0.05, 0.1) is 16.2 Å². The zero-order chi connectivity index (χ0) is 20.0. The van der Waals surface area contributed by atoms with Crippen molar-refractivity contribution in [1.82, 2.24) is 4.98 Å². The van der Waals surface area contributed by atoms with E-state index in [0.717, 1.165) is 36.7 Å². The number of rotatable bonds is 3. The van der Waals surface area contributed by atoms with E-state index in [0.29, 0.717) is 12.2 Å². The number of hydrogen-bond acceptors (Lipinski definition) is 3. The molecule has 3 nitrogen and oxygen atoms in total. The van der Waals surface area contributed by atoms with Crippen molar-refractivity contribution in [3.05, 3.63) is 71.6 Å². The lowest BCUT2D eigenvalue weighted by Gasteiger charge is -2.11. The molecule has 0 fully saturated rings. The highest BCUT2D eigenvalue weighted by Crippen LogP contribution is 2.42. The fraction of sp³-hybridized carbons (Fsp3) is 0.167. The lowest BCUT2D eigenvalue weighted by Crippen LogP contribution is -2.04. The van der Waals surface area contributed by atoms with Crippen molar-refractivity contribution in [3.63, 3.8) is 0 Å². The van der Waals surface area contributed by atoms with Crippen LogP contribution in [0.4, 0.5) is 22.0 Å². The van der Waals surface area contributed by atoms with Crippen LogP contribution in [0.15, 0.2) is 59.6 Å². The van der Waals surface area contributed by atoms with Crippen molar-refractivity contribution in [2.24, 2.45) is 0 Å². The van der Waals surface area contributed by atoms with E-state index < -0.39 is 27.5 Å². The number of pyridine rings is 1. The number of halogens is 5. The van der Waals surface area contributed by atoms with E-state index in [2.05, 4.69) is 4.98 Å². The minimum absolute atomic E-state index is 0.0137. The molecule has 0 radical (unpaired) electrons. The SMILES string of the molecule is CS(=O)(=O)c1ccc(C2=CC(F)(F)C=C2c2ccc(C(F)(F)F)cc2)nc1. The highest BCUT2D eigenvalue weighted by Gasteiger charge is 2.34. The summed E-state index contributed by atoms with van der Waals surface area (Å²) in [6, 6.07) is 6.35. The third-order valence-corrected chi connectivity index (χ3v) is 5.03. The van der Waals surface area contributed by atoms with E-state index in [-0.39, 0.29) is 27.3 Å². The Labute approximate surface area is 151 Å². The van der Waals surface area contributed by atoms with Gasteiger partial charge in [-0.3, -0.25) is 4.98 Å². The van der Waals surface area contributed by atoms with E-state index >= 15 is 0 Å². The summed E-state index contributed by atoms with van der Waals surface area (Å²) in [5.74, 6) is -3.30. The Morgan fingerprint density at radius 3 is 2.00 bits per heavy atom. The predicted molar refractivity (Wildman–Crippen MR) is 89.7 cm³/mol. The number of aromatic nitrogens is 1. The number of benzene rings is 1. The molecule has 0 unspecified atom stereocenters. The Balaban J connectivity index is 2.01. The molecule has 1 heterocycles. The van der Waals surface area contributed by atoms with E-state index in [1.54, 1.807) is 0 Å². The highest BCUT2D eigenvalue weighted by molar-refractivity contribution is 7.90. The number of alkyl halides is 5. The molecule has 0 N–H and O–H groups in total. The maximum Gasteiger partial charge on any atom is 0.416 e. The van der Waals surface area contributed by atoms with Gasteiger partial charge in [0.1, 0.15) is 0 Å². The molecule has 3 rings (SSSR count). The number of sulfone groups is 1. The Morgan fingerprint density at radius 2 is 1.52 bits per heavy atom. The number of allylic oxidation sites excluding steroid dienone is 4. The average Bonchev–Trinajstić information content (AvgIpc) is 2.89. The third-order valence-electron chi connectivity index (χ3n) is 3.93. The molecule has 0 saturated heterocycles.